The maximum atomic E-state index is 10.7. The van der Waals surface area contributed by atoms with Crippen LogP contribution in [0.25, 0.3) is 0 Å². The van der Waals surface area contributed by atoms with Crippen molar-refractivity contribution in [2.45, 2.75) is 19.1 Å². The third kappa shape index (κ3) is 2.65. The summed E-state index contributed by atoms with van der Waals surface area (Å²) in [5.41, 5.74) is 5.44. The van der Waals surface area contributed by atoms with Gasteiger partial charge in [0, 0.05) is 19.6 Å². The summed E-state index contributed by atoms with van der Waals surface area (Å²) in [4.78, 5) is 12.6. The molecule has 5 nitrogen and oxygen atoms in total. The fourth-order valence-electron chi connectivity index (χ4n) is 1.39. The van der Waals surface area contributed by atoms with E-state index >= 15 is 0 Å². The molecule has 5 heteroatoms. The lowest BCUT2D eigenvalue weighted by Crippen LogP contribution is -2.51. The number of hydrogen-bond donors (Lipinski definition) is 2. The van der Waals surface area contributed by atoms with Crippen molar-refractivity contribution in [3.63, 3.8) is 0 Å². The van der Waals surface area contributed by atoms with Crippen molar-refractivity contribution in [3.05, 3.63) is 0 Å². The van der Waals surface area contributed by atoms with Crippen LogP contribution in [0.15, 0.2) is 0 Å². The molecule has 13 heavy (non-hydrogen) atoms. The SMILES string of the molecule is CC(C(=O)O)N1CCOC(CN)C1. The molecule has 1 saturated heterocycles. The summed E-state index contributed by atoms with van der Waals surface area (Å²) in [6.45, 7) is 3.98. The zero-order chi connectivity index (χ0) is 9.84. The molecule has 2 unspecified atom stereocenters. The Labute approximate surface area is 77.5 Å². The number of rotatable bonds is 3. The third-order valence-electron chi connectivity index (χ3n) is 2.34. The highest BCUT2D eigenvalue weighted by Gasteiger charge is 2.26. The first-order chi connectivity index (χ1) is 6.15. The lowest BCUT2D eigenvalue weighted by Gasteiger charge is -2.34. The first-order valence-corrected chi connectivity index (χ1v) is 4.43. The zero-order valence-electron chi connectivity index (χ0n) is 7.77. The van der Waals surface area contributed by atoms with Gasteiger partial charge in [0.25, 0.3) is 0 Å². The quantitative estimate of drug-likeness (QED) is 0.601. The van der Waals surface area contributed by atoms with Gasteiger partial charge in [-0.3, -0.25) is 9.69 Å². The van der Waals surface area contributed by atoms with Gasteiger partial charge in [0.15, 0.2) is 0 Å². The van der Waals surface area contributed by atoms with Crippen molar-refractivity contribution in [3.8, 4) is 0 Å². The van der Waals surface area contributed by atoms with E-state index in [0.29, 0.717) is 26.2 Å². The van der Waals surface area contributed by atoms with E-state index in [2.05, 4.69) is 0 Å². The van der Waals surface area contributed by atoms with Gasteiger partial charge in [0.05, 0.1) is 12.7 Å². The number of hydrogen-bond acceptors (Lipinski definition) is 4. The largest absolute Gasteiger partial charge is 0.480 e. The highest BCUT2D eigenvalue weighted by Crippen LogP contribution is 2.08. The molecule has 0 bridgehead atoms. The Bertz CT molecular complexity index is 186. The fraction of sp³-hybridized carbons (Fsp3) is 0.875. The Morgan fingerprint density at radius 2 is 2.54 bits per heavy atom. The summed E-state index contributed by atoms with van der Waals surface area (Å²) in [6.07, 6.45) is -0.0180. The predicted octanol–water partition coefficient (Wildman–Crippen LogP) is -0.881. The van der Waals surface area contributed by atoms with Gasteiger partial charge in [-0.1, -0.05) is 0 Å². The average Bonchev–Trinajstić information content (AvgIpc) is 2.16. The van der Waals surface area contributed by atoms with Crippen LogP contribution < -0.4 is 5.73 Å². The van der Waals surface area contributed by atoms with Gasteiger partial charge in [0.1, 0.15) is 6.04 Å². The van der Waals surface area contributed by atoms with Crippen LogP contribution in [0, 0.1) is 0 Å². The third-order valence-corrected chi connectivity index (χ3v) is 2.34. The maximum Gasteiger partial charge on any atom is 0.320 e. The van der Waals surface area contributed by atoms with Gasteiger partial charge in [-0.25, -0.2) is 0 Å². The van der Waals surface area contributed by atoms with E-state index < -0.39 is 12.0 Å². The molecule has 0 radical (unpaired) electrons. The minimum atomic E-state index is -0.794. The summed E-state index contributed by atoms with van der Waals surface area (Å²) in [6, 6.07) is -0.446. The van der Waals surface area contributed by atoms with E-state index in [9.17, 15) is 4.79 Å². The van der Waals surface area contributed by atoms with Crippen molar-refractivity contribution < 1.29 is 14.6 Å². The number of carboxylic acid groups (broad SMARTS) is 1. The van der Waals surface area contributed by atoms with Crippen LogP contribution in [0.4, 0.5) is 0 Å². The first-order valence-electron chi connectivity index (χ1n) is 4.43. The van der Waals surface area contributed by atoms with E-state index in [0.717, 1.165) is 0 Å². The molecule has 1 heterocycles. The second kappa shape index (κ2) is 4.55. The lowest BCUT2D eigenvalue weighted by molar-refractivity contribution is -0.145. The van der Waals surface area contributed by atoms with Gasteiger partial charge in [-0.05, 0) is 6.92 Å². The molecule has 0 aromatic heterocycles. The average molecular weight is 188 g/mol. The standard InChI is InChI=1S/C8H16N2O3/c1-6(8(11)12)10-2-3-13-7(4-9)5-10/h6-7H,2-5,9H2,1H3,(H,11,12). The summed E-state index contributed by atoms with van der Waals surface area (Å²) in [7, 11) is 0. The molecule has 2 atom stereocenters. The number of carbonyl (C=O) groups is 1. The van der Waals surface area contributed by atoms with E-state index in [-0.39, 0.29) is 6.10 Å². The Morgan fingerprint density at radius 1 is 1.85 bits per heavy atom. The maximum absolute atomic E-state index is 10.7. The van der Waals surface area contributed by atoms with Crippen LogP contribution >= 0.6 is 0 Å². The van der Waals surface area contributed by atoms with Gasteiger partial charge in [0.2, 0.25) is 0 Å². The van der Waals surface area contributed by atoms with Gasteiger partial charge in [-0.15, -0.1) is 0 Å². The number of nitrogens with zero attached hydrogens (tertiary/aromatic N) is 1. The Morgan fingerprint density at radius 3 is 3.08 bits per heavy atom. The lowest BCUT2D eigenvalue weighted by atomic mass is 10.2. The molecule has 0 amide bonds. The molecular formula is C8H16N2O3. The summed E-state index contributed by atoms with van der Waals surface area (Å²) < 4.78 is 5.33. The van der Waals surface area contributed by atoms with E-state index in [1.807, 2.05) is 4.90 Å². The molecule has 0 aromatic rings. The normalized spacial score (nSPS) is 27.1. The predicted molar refractivity (Wildman–Crippen MR) is 47.5 cm³/mol. The molecule has 1 aliphatic heterocycles. The zero-order valence-corrected chi connectivity index (χ0v) is 7.77. The number of aliphatic carboxylic acids is 1. The molecule has 0 aromatic carbocycles. The van der Waals surface area contributed by atoms with Gasteiger partial charge in [-0.2, -0.15) is 0 Å². The van der Waals surface area contributed by atoms with Gasteiger partial charge >= 0.3 is 5.97 Å². The van der Waals surface area contributed by atoms with Crippen LogP contribution in [0.1, 0.15) is 6.92 Å². The molecule has 1 fully saturated rings. The Hall–Kier alpha value is -0.650. The number of ether oxygens (including phenoxy) is 1. The molecule has 0 saturated carbocycles. The number of carboxylic acids is 1. The highest BCUT2D eigenvalue weighted by atomic mass is 16.5. The van der Waals surface area contributed by atoms with Crippen molar-refractivity contribution in [1.82, 2.24) is 4.90 Å². The topological polar surface area (TPSA) is 75.8 Å². The van der Waals surface area contributed by atoms with E-state index in [1.165, 1.54) is 0 Å². The monoisotopic (exact) mass is 188 g/mol. The van der Waals surface area contributed by atoms with E-state index in [1.54, 1.807) is 6.92 Å². The smallest absolute Gasteiger partial charge is 0.320 e. The molecule has 76 valence electrons. The van der Waals surface area contributed by atoms with E-state index in [4.69, 9.17) is 15.6 Å². The number of morpholine rings is 1. The van der Waals surface area contributed by atoms with Crippen LogP contribution in [0.5, 0.6) is 0 Å². The first kappa shape index (κ1) is 10.4. The van der Waals surface area contributed by atoms with Crippen LogP contribution in [-0.4, -0.2) is 54.4 Å². The summed E-state index contributed by atoms with van der Waals surface area (Å²) in [5, 5.41) is 8.78. The Kier molecular flexibility index (Phi) is 3.65. The van der Waals surface area contributed by atoms with Crippen LogP contribution in [-0.2, 0) is 9.53 Å². The van der Waals surface area contributed by atoms with Crippen LogP contribution in [0.2, 0.25) is 0 Å². The van der Waals surface area contributed by atoms with Crippen molar-refractivity contribution in [2.24, 2.45) is 5.73 Å². The highest BCUT2D eigenvalue weighted by molar-refractivity contribution is 5.72. The molecule has 1 rings (SSSR count). The minimum Gasteiger partial charge on any atom is -0.480 e. The molecule has 3 N–H and O–H groups in total. The number of nitrogens with two attached hydrogens (primary N) is 1. The van der Waals surface area contributed by atoms with Crippen molar-refractivity contribution in [2.75, 3.05) is 26.2 Å². The summed E-state index contributed by atoms with van der Waals surface area (Å²) >= 11 is 0. The molecule has 0 spiro atoms. The molecule has 1 aliphatic rings. The summed E-state index contributed by atoms with van der Waals surface area (Å²) in [5.74, 6) is -0.794. The fourth-order valence-corrected chi connectivity index (χ4v) is 1.39. The minimum absolute atomic E-state index is 0.0180. The Balaban J connectivity index is 2.46. The second-order valence-electron chi connectivity index (χ2n) is 3.24. The van der Waals surface area contributed by atoms with Crippen molar-refractivity contribution >= 4 is 5.97 Å². The molecular weight excluding hydrogens is 172 g/mol. The van der Waals surface area contributed by atoms with Gasteiger partial charge < -0.3 is 15.6 Å². The molecule has 0 aliphatic carbocycles. The second-order valence-corrected chi connectivity index (χ2v) is 3.24. The van der Waals surface area contributed by atoms with Crippen molar-refractivity contribution in [1.29, 1.82) is 0 Å². The van der Waals surface area contributed by atoms with Crippen LogP contribution in [0.3, 0.4) is 0 Å².